The molecule has 20 heavy (non-hydrogen) atoms. The van der Waals surface area contributed by atoms with Crippen molar-refractivity contribution in [3.8, 4) is 0 Å². The van der Waals surface area contributed by atoms with Gasteiger partial charge in [0.15, 0.2) is 0 Å². The molecule has 2 aromatic heterocycles. The quantitative estimate of drug-likeness (QED) is 0.735. The Labute approximate surface area is 134 Å². The number of hydrogen-bond donors (Lipinski definition) is 1. The fourth-order valence-electron chi connectivity index (χ4n) is 2.05. The van der Waals surface area contributed by atoms with Gasteiger partial charge in [-0.2, -0.15) is 0 Å². The van der Waals surface area contributed by atoms with Gasteiger partial charge in [-0.15, -0.1) is 0 Å². The number of nitrogens with zero attached hydrogens (tertiary/aromatic N) is 1. The number of benzene rings is 1. The zero-order valence-electron chi connectivity index (χ0n) is 10.4. The molecule has 6 heteroatoms. The van der Waals surface area contributed by atoms with Crippen LogP contribution in [0.3, 0.4) is 0 Å². The van der Waals surface area contributed by atoms with E-state index in [1.54, 1.807) is 0 Å². The Hall–Kier alpha value is -1.10. The van der Waals surface area contributed by atoms with Gasteiger partial charge in [0.25, 0.3) is 0 Å². The Kier molecular flexibility index (Phi) is 3.96. The number of hydrogen-bond acceptors (Lipinski definition) is 1. The summed E-state index contributed by atoms with van der Waals surface area (Å²) >= 11 is 15.3. The number of aryl methyl sites for hydroxylation is 2. The van der Waals surface area contributed by atoms with E-state index >= 15 is 0 Å². The maximum Gasteiger partial charge on any atom is 0.346 e. The molecule has 2 N–H and O–H groups in total. The third-order valence-electron chi connectivity index (χ3n) is 3.04. The van der Waals surface area contributed by atoms with E-state index in [1.807, 2.05) is 30.5 Å². The smallest absolute Gasteiger partial charge is 0.316 e. The Balaban J connectivity index is 1.77. The lowest BCUT2D eigenvalue weighted by Crippen LogP contribution is -2.02. The summed E-state index contributed by atoms with van der Waals surface area (Å²) in [7, 11) is 0. The summed E-state index contributed by atoms with van der Waals surface area (Å²) in [4.78, 5) is 10.9. The summed E-state index contributed by atoms with van der Waals surface area (Å²) in [5, 5.41) is 1.17. The van der Waals surface area contributed by atoms with Gasteiger partial charge in [0.1, 0.15) is 11.7 Å². The molecule has 0 aliphatic rings. The molecule has 0 amide bonds. The first-order valence-corrected chi connectivity index (χ1v) is 7.66. The number of nitrogens with one attached hydrogen (secondary N) is 2. The fourth-order valence-corrected chi connectivity index (χ4v) is 2.71. The van der Waals surface area contributed by atoms with Crippen LogP contribution >= 0.6 is 39.1 Å². The summed E-state index contributed by atoms with van der Waals surface area (Å²) in [6, 6.07) is 7.71. The van der Waals surface area contributed by atoms with E-state index in [1.165, 1.54) is 0 Å². The maximum atomic E-state index is 6.01. The predicted octanol–water partition coefficient (Wildman–Crippen LogP) is 4.23. The normalized spacial score (nSPS) is 11.2. The van der Waals surface area contributed by atoms with Gasteiger partial charge < -0.3 is 4.98 Å². The van der Waals surface area contributed by atoms with E-state index in [4.69, 9.17) is 23.2 Å². The van der Waals surface area contributed by atoms with Gasteiger partial charge in [0.05, 0.1) is 14.5 Å². The van der Waals surface area contributed by atoms with Crippen LogP contribution < -0.4 is 4.98 Å². The number of aromatic amines is 2. The molecule has 0 spiro atoms. The van der Waals surface area contributed by atoms with Gasteiger partial charge in [-0.3, -0.25) is 0 Å². The van der Waals surface area contributed by atoms with Gasteiger partial charge >= 0.3 is 5.65 Å². The molecule has 3 nitrogen and oxygen atoms in total. The van der Waals surface area contributed by atoms with E-state index in [0.717, 1.165) is 39.9 Å². The predicted molar refractivity (Wildman–Crippen MR) is 84.2 cm³/mol. The molecular weight excluding hydrogens is 361 g/mol. The largest absolute Gasteiger partial charge is 0.346 e. The van der Waals surface area contributed by atoms with Crippen LogP contribution in [0.4, 0.5) is 0 Å². The van der Waals surface area contributed by atoms with Crippen molar-refractivity contribution < 1.29 is 4.98 Å². The second kappa shape index (κ2) is 5.72. The Morgan fingerprint density at radius 1 is 1.15 bits per heavy atom. The molecule has 0 aliphatic carbocycles. The highest BCUT2D eigenvalue weighted by atomic mass is 79.9. The third kappa shape index (κ3) is 2.97. The number of fused-ring (bicyclic) bond motifs is 1. The number of H-pyrrole nitrogens is 2. The van der Waals surface area contributed by atoms with Crippen LogP contribution in [0.1, 0.15) is 11.4 Å². The monoisotopic (exact) mass is 370 g/mol. The van der Waals surface area contributed by atoms with Crippen molar-refractivity contribution in [1.82, 2.24) is 9.97 Å². The van der Waals surface area contributed by atoms with E-state index < -0.39 is 0 Å². The zero-order chi connectivity index (χ0) is 14.1. The summed E-state index contributed by atoms with van der Waals surface area (Å²) in [6.07, 6.45) is 3.54. The molecule has 3 rings (SSSR count). The molecule has 0 unspecified atom stereocenters. The second-order valence-corrected chi connectivity index (χ2v) is 6.24. The van der Waals surface area contributed by atoms with Gasteiger partial charge in [0, 0.05) is 6.42 Å². The first-order chi connectivity index (χ1) is 9.61. The van der Waals surface area contributed by atoms with Gasteiger partial charge in [-0.05, 0) is 51.1 Å². The highest BCUT2D eigenvalue weighted by molar-refractivity contribution is 9.10. The number of imidazole rings is 1. The molecule has 0 atom stereocenters. The summed E-state index contributed by atoms with van der Waals surface area (Å²) in [5.74, 6) is 0.945. The van der Waals surface area contributed by atoms with E-state index in [-0.39, 0.29) is 0 Å². The molecule has 3 aromatic rings. The lowest BCUT2D eigenvalue weighted by atomic mass is 10.1. The van der Waals surface area contributed by atoms with E-state index in [2.05, 4.69) is 30.9 Å². The van der Waals surface area contributed by atoms with Crippen LogP contribution in [0.25, 0.3) is 11.2 Å². The van der Waals surface area contributed by atoms with Crippen molar-refractivity contribution in [2.24, 2.45) is 0 Å². The number of pyridine rings is 1. The highest BCUT2D eigenvalue weighted by Gasteiger charge is 2.12. The van der Waals surface area contributed by atoms with Crippen molar-refractivity contribution in [3.63, 3.8) is 0 Å². The molecule has 0 saturated heterocycles. The van der Waals surface area contributed by atoms with Gasteiger partial charge in [0.2, 0.25) is 5.82 Å². The minimum atomic E-state index is 0.582. The van der Waals surface area contributed by atoms with Gasteiger partial charge in [-0.1, -0.05) is 29.3 Å². The number of halogens is 3. The molecule has 0 bridgehead atoms. The van der Waals surface area contributed by atoms with Crippen LogP contribution in [0.15, 0.2) is 34.9 Å². The minimum absolute atomic E-state index is 0.582. The number of rotatable bonds is 3. The van der Waals surface area contributed by atoms with E-state index in [9.17, 15) is 0 Å². The SMILES string of the molecule is Clc1ccc(CCc2nc3[nH+]cc(Br)cc3[nH]2)cc1Cl. The minimum Gasteiger partial charge on any atom is -0.316 e. The van der Waals surface area contributed by atoms with Crippen LogP contribution in [0.5, 0.6) is 0 Å². The van der Waals surface area contributed by atoms with Crippen LogP contribution in [0, 0.1) is 0 Å². The fraction of sp³-hybridized carbons (Fsp3) is 0.143. The standard InChI is InChI=1S/C14H10BrCl2N3/c15-9-6-12-14(18-7-9)20-13(19-12)4-2-8-1-3-10(16)11(17)5-8/h1,3,5-7H,2,4H2,(H,18,19,20)/p+1. The van der Waals surface area contributed by atoms with Crippen molar-refractivity contribution in [2.75, 3.05) is 0 Å². The number of aromatic nitrogens is 3. The Morgan fingerprint density at radius 3 is 2.80 bits per heavy atom. The van der Waals surface area contributed by atoms with Crippen LogP contribution in [-0.4, -0.2) is 9.97 Å². The Bertz CT molecular complexity index is 770. The summed E-state index contributed by atoms with van der Waals surface area (Å²) in [6.45, 7) is 0. The average molecular weight is 372 g/mol. The first-order valence-electron chi connectivity index (χ1n) is 6.11. The molecular formula is C14H11BrCl2N3+. The second-order valence-electron chi connectivity index (χ2n) is 4.51. The molecule has 0 saturated carbocycles. The van der Waals surface area contributed by atoms with Crippen molar-refractivity contribution in [3.05, 3.63) is 56.4 Å². The van der Waals surface area contributed by atoms with Crippen molar-refractivity contribution in [2.45, 2.75) is 12.8 Å². The molecule has 102 valence electrons. The van der Waals surface area contributed by atoms with Crippen molar-refractivity contribution >= 4 is 50.3 Å². The molecule has 1 aromatic carbocycles. The zero-order valence-corrected chi connectivity index (χ0v) is 13.5. The summed E-state index contributed by atoms with van der Waals surface area (Å²) in [5.41, 5.74) is 2.99. The lowest BCUT2D eigenvalue weighted by molar-refractivity contribution is -0.348. The average Bonchev–Trinajstić information content (AvgIpc) is 2.82. The summed E-state index contributed by atoms with van der Waals surface area (Å²) < 4.78 is 0.990. The molecule has 0 radical (unpaired) electrons. The van der Waals surface area contributed by atoms with Crippen LogP contribution in [0.2, 0.25) is 10.0 Å². The van der Waals surface area contributed by atoms with Crippen molar-refractivity contribution in [1.29, 1.82) is 0 Å². The lowest BCUT2D eigenvalue weighted by Gasteiger charge is -2.00. The highest BCUT2D eigenvalue weighted by Crippen LogP contribution is 2.23. The maximum absolute atomic E-state index is 6.01. The Morgan fingerprint density at radius 2 is 2.00 bits per heavy atom. The molecule has 0 fully saturated rings. The topological polar surface area (TPSA) is 42.8 Å². The first kappa shape index (κ1) is 13.9. The van der Waals surface area contributed by atoms with E-state index in [0.29, 0.717) is 10.0 Å². The third-order valence-corrected chi connectivity index (χ3v) is 4.24. The molecule has 2 heterocycles. The van der Waals surface area contributed by atoms with Gasteiger partial charge in [-0.25, -0.2) is 4.98 Å². The molecule has 0 aliphatic heterocycles. The van der Waals surface area contributed by atoms with Crippen LogP contribution in [-0.2, 0) is 12.8 Å².